The molecule has 2 aromatic rings. The van der Waals surface area contributed by atoms with Crippen LogP contribution in [0.15, 0.2) is 121 Å². The number of ether oxygens (including phenoxy) is 1. The second-order valence-corrected chi connectivity index (χ2v) is 12.3. The van der Waals surface area contributed by atoms with Crippen LogP contribution in [0.4, 0.5) is 0 Å². The van der Waals surface area contributed by atoms with E-state index in [4.69, 9.17) is 16.3 Å². The van der Waals surface area contributed by atoms with E-state index in [-0.39, 0.29) is 17.6 Å². The molecule has 0 aliphatic heterocycles. The van der Waals surface area contributed by atoms with Gasteiger partial charge in [0.25, 0.3) is 5.91 Å². The lowest BCUT2D eigenvalue weighted by Gasteiger charge is -2.25. The van der Waals surface area contributed by atoms with Gasteiger partial charge >= 0.3 is 0 Å². The highest BCUT2D eigenvalue weighted by atomic mass is 35.5. The van der Waals surface area contributed by atoms with Crippen molar-refractivity contribution >= 4 is 29.2 Å². The van der Waals surface area contributed by atoms with Gasteiger partial charge in [-0.05, 0) is 114 Å². The van der Waals surface area contributed by atoms with E-state index >= 15 is 0 Å². The standard InChI is InChI=1S/C42H53ClN2O4/c1-4-5-6-7-8-9-10-11-12-13-14-15-16-17-18-19-20-21-22-24-39(46)44-33-23-34-45-41(48)42(2,3)49-38-31-27-36(28-32-38)40(47)35-25-29-37(43)30-26-35/h5-6,8-9,11-12,14-15,17-18,20-21,25-32H,4,7,10,13,16,19,22-24,33-34H2,1-3H3,(H,44,46)(H,45,48). The van der Waals surface area contributed by atoms with E-state index in [1.54, 1.807) is 62.4 Å². The van der Waals surface area contributed by atoms with Gasteiger partial charge in [0.05, 0.1) is 0 Å². The van der Waals surface area contributed by atoms with E-state index in [1.165, 1.54) is 0 Å². The number of amides is 2. The van der Waals surface area contributed by atoms with Gasteiger partial charge < -0.3 is 15.4 Å². The van der Waals surface area contributed by atoms with Gasteiger partial charge in [0.1, 0.15) is 5.75 Å². The van der Waals surface area contributed by atoms with Gasteiger partial charge in [0.2, 0.25) is 5.91 Å². The van der Waals surface area contributed by atoms with Crippen molar-refractivity contribution in [1.29, 1.82) is 0 Å². The first kappa shape index (κ1) is 40.8. The van der Waals surface area contributed by atoms with Crippen LogP contribution in [0, 0.1) is 0 Å². The third-order valence-electron chi connectivity index (χ3n) is 7.24. The van der Waals surface area contributed by atoms with Gasteiger partial charge in [0, 0.05) is 35.7 Å². The van der Waals surface area contributed by atoms with Crippen LogP contribution in [-0.4, -0.2) is 36.3 Å². The maximum absolute atomic E-state index is 12.7. The fourth-order valence-corrected chi connectivity index (χ4v) is 4.58. The Morgan fingerprint density at radius 2 is 1.10 bits per heavy atom. The van der Waals surface area contributed by atoms with Gasteiger partial charge in [-0.2, -0.15) is 0 Å². The molecule has 49 heavy (non-hydrogen) atoms. The number of halogens is 1. The molecule has 0 aliphatic carbocycles. The molecule has 7 heteroatoms. The van der Waals surface area contributed by atoms with Gasteiger partial charge in [0.15, 0.2) is 11.4 Å². The highest BCUT2D eigenvalue weighted by molar-refractivity contribution is 6.30. The minimum absolute atomic E-state index is 0.00694. The Bertz CT molecular complexity index is 1450. The average Bonchev–Trinajstić information content (AvgIpc) is 3.09. The first-order valence-electron chi connectivity index (χ1n) is 17.3. The summed E-state index contributed by atoms with van der Waals surface area (Å²) in [5.41, 5.74) is -0.0700. The molecule has 2 N–H and O–H groups in total. The lowest BCUT2D eigenvalue weighted by Crippen LogP contribution is -2.47. The number of hydrogen-bond acceptors (Lipinski definition) is 4. The van der Waals surface area contributed by atoms with Crippen LogP contribution in [0.25, 0.3) is 0 Å². The summed E-state index contributed by atoms with van der Waals surface area (Å²) in [6.45, 7) is 6.41. The summed E-state index contributed by atoms with van der Waals surface area (Å²) >= 11 is 5.91. The van der Waals surface area contributed by atoms with E-state index in [9.17, 15) is 14.4 Å². The Hall–Kier alpha value is -4.42. The smallest absolute Gasteiger partial charge is 0.263 e. The molecule has 0 saturated carbocycles. The molecular formula is C42H53ClN2O4. The molecule has 0 saturated heterocycles. The Morgan fingerprint density at radius 1 is 0.653 bits per heavy atom. The molecule has 2 aromatic carbocycles. The Labute approximate surface area is 298 Å². The molecule has 0 unspecified atom stereocenters. The fourth-order valence-electron chi connectivity index (χ4n) is 4.46. The predicted octanol–water partition coefficient (Wildman–Crippen LogP) is 9.83. The Morgan fingerprint density at radius 3 is 1.61 bits per heavy atom. The van der Waals surface area contributed by atoms with Gasteiger partial charge in [-0.1, -0.05) is 91.4 Å². The van der Waals surface area contributed by atoms with Crippen LogP contribution >= 0.6 is 11.6 Å². The second kappa shape index (κ2) is 24.7. The molecule has 0 aromatic heterocycles. The van der Waals surface area contributed by atoms with E-state index in [0.29, 0.717) is 54.3 Å². The molecule has 6 nitrogen and oxygen atoms in total. The fraction of sp³-hybridized carbons (Fsp3) is 0.357. The maximum atomic E-state index is 12.7. The predicted molar refractivity (Wildman–Crippen MR) is 204 cm³/mol. The summed E-state index contributed by atoms with van der Waals surface area (Å²) < 4.78 is 5.92. The topological polar surface area (TPSA) is 84.5 Å². The van der Waals surface area contributed by atoms with E-state index in [1.807, 2.05) is 6.08 Å². The highest BCUT2D eigenvalue weighted by Crippen LogP contribution is 2.21. The van der Waals surface area contributed by atoms with Crippen molar-refractivity contribution in [1.82, 2.24) is 10.6 Å². The molecule has 0 bridgehead atoms. The van der Waals surface area contributed by atoms with Crippen molar-refractivity contribution in [2.75, 3.05) is 13.1 Å². The van der Waals surface area contributed by atoms with Crippen LogP contribution in [0.2, 0.25) is 5.02 Å². The number of carbonyl (C=O) groups excluding carboxylic acids is 3. The summed E-state index contributed by atoms with van der Waals surface area (Å²) in [5, 5.41) is 6.34. The Balaban J connectivity index is 1.51. The van der Waals surface area contributed by atoms with Crippen LogP contribution in [0.5, 0.6) is 5.75 Å². The maximum Gasteiger partial charge on any atom is 0.263 e. The molecular weight excluding hydrogens is 632 g/mol. The molecule has 0 atom stereocenters. The monoisotopic (exact) mass is 684 g/mol. The van der Waals surface area contributed by atoms with Crippen molar-refractivity contribution in [3.05, 3.63) is 138 Å². The summed E-state index contributed by atoms with van der Waals surface area (Å²) in [6.07, 6.45) is 33.5. The summed E-state index contributed by atoms with van der Waals surface area (Å²) in [6, 6.07) is 13.4. The lowest BCUT2D eigenvalue weighted by molar-refractivity contribution is -0.134. The van der Waals surface area contributed by atoms with Crippen LogP contribution in [-0.2, 0) is 9.59 Å². The van der Waals surface area contributed by atoms with Crippen LogP contribution < -0.4 is 15.4 Å². The summed E-state index contributed by atoms with van der Waals surface area (Å²) in [5.74, 6) is 0.0818. The number of rotatable bonds is 23. The number of carbonyl (C=O) groups is 3. The van der Waals surface area contributed by atoms with Crippen molar-refractivity contribution in [3.8, 4) is 5.75 Å². The first-order valence-corrected chi connectivity index (χ1v) is 17.6. The highest BCUT2D eigenvalue weighted by Gasteiger charge is 2.29. The summed E-state index contributed by atoms with van der Waals surface area (Å²) in [4.78, 5) is 37.6. The molecule has 0 spiro atoms. The normalized spacial score (nSPS) is 12.3. The van der Waals surface area contributed by atoms with E-state index in [2.05, 4.69) is 84.4 Å². The largest absolute Gasteiger partial charge is 0.478 e. The second-order valence-electron chi connectivity index (χ2n) is 11.9. The lowest BCUT2D eigenvalue weighted by atomic mass is 10.0. The third-order valence-corrected chi connectivity index (χ3v) is 7.49. The molecule has 0 radical (unpaired) electrons. The van der Waals surface area contributed by atoms with Gasteiger partial charge in [-0.25, -0.2) is 0 Å². The average molecular weight is 685 g/mol. The van der Waals surface area contributed by atoms with Gasteiger partial charge in [-0.15, -0.1) is 0 Å². The Kier molecular flexibility index (Phi) is 20.5. The number of benzene rings is 2. The van der Waals surface area contributed by atoms with Gasteiger partial charge in [-0.3, -0.25) is 14.4 Å². The minimum atomic E-state index is -1.12. The molecule has 262 valence electrons. The first-order chi connectivity index (χ1) is 23.7. The molecule has 0 aliphatic rings. The number of allylic oxidation sites excluding steroid dienone is 12. The van der Waals surface area contributed by atoms with Crippen molar-refractivity contribution in [3.63, 3.8) is 0 Å². The number of ketones is 1. The molecule has 2 amide bonds. The van der Waals surface area contributed by atoms with Crippen molar-refractivity contribution < 1.29 is 19.1 Å². The van der Waals surface area contributed by atoms with E-state index in [0.717, 1.165) is 38.5 Å². The van der Waals surface area contributed by atoms with Crippen LogP contribution in [0.3, 0.4) is 0 Å². The van der Waals surface area contributed by atoms with Crippen molar-refractivity contribution in [2.24, 2.45) is 0 Å². The van der Waals surface area contributed by atoms with E-state index < -0.39 is 5.60 Å². The quantitative estimate of drug-likeness (QED) is 0.0693. The number of hydrogen-bond donors (Lipinski definition) is 2. The zero-order valence-corrected chi connectivity index (χ0v) is 30.1. The SMILES string of the molecule is CCC=CCC=CCC=CCC=CCC=CCC=CCCC(=O)NCCCNC(=O)C(C)(C)Oc1ccc(C(=O)c2ccc(Cl)cc2)cc1. The molecule has 2 rings (SSSR count). The zero-order valence-electron chi connectivity index (χ0n) is 29.3. The number of nitrogens with one attached hydrogen (secondary N) is 2. The van der Waals surface area contributed by atoms with Crippen LogP contribution in [0.1, 0.15) is 94.5 Å². The molecule has 0 heterocycles. The van der Waals surface area contributed by atoms with Crippen molar-refractivity contribution in [2.45, 2.75) is 84.2 Å². The third kappa shape index (κ3) is 18.6. The minimum Gasteiger partial charge on any atom is -0.478 e. The zero-order chi connectivity index (χ0) is 35.6. The molecule has 0 fully saturated rings. The summed E-state index contributed by atoms with van der Waals surface area (Å²) in [7, 11) is 0.